The molecule has 0 spiro atoms. The lowest BCUT2D eigenvalue weighted by Crippen LogP contribution is -2.41. The van der Waals surface area contributed by atoms with Gasteiger partial charge >= 0.3 is 0 Å². The van der Waals surface area contributed by atoms with Crippen molar-refractivity contribution in [3.8, 4) is 0 Å². The first-order chi connectivity index (χ1) is 15.1. The van der Waals surface area contributed by atoms with Crippen LogP contribution in [0, 0.1) is 0 Å². The van der Waals surface area contributed by atoms with E-state index in [9.17, 15) is 9.59 Å². The van der Waals surface area contributed by atoms with Crippen molar-refractivity contribution >= 4 is 51.7 Å². The molecule has 1 aliphatic heterocycles. The number of ether oxygens (including phenoxy) is 1. The smallest absolute Gasteiger partial charge is 0.266 e. The lowest BCUT2D eigenvalue weighted by Gasteiger charge is -2.22. The molecule has 1 aliphatic rings. The van der Waals surface area contributed by atoms with E-state index >= 15 is 0 Å². The zero-order valence-electron chi connectivity index (χ0n) is 20.2. The van der Waals surface area contributed by atoms with E-state index in [-0.39, 0.29) is 24.5 Å². The number of carbonyl (C=O) groups is 2. The summed E-state index contributed by atoms with van der Waals surface area (Å²) in [6, 6.07) is 0. The van der Waals surface area contributed by atoms with Gasteiger partial charge in [-0.05, 0) is 65.7 Å². The number of hydrogen-bond donors (Lipinski definition) is 0. The molecule has 1 rings (SSSR count). The first-order valence-corrected chi connectivity index (χ1v) is 12.7. The van der Waals surface area contributed by atoms with Gasteiger partial charge in [0, 0.05) is 19.0 Å². The quantitative estimate of drug-likeness (QED) is 0.118. The van der Waals surface area contributed by atoms with Crippen molar-refractivity contribution < 1.29 is 14.3 Å². The second-order valence-electron chi connectivity index (χ2n) is 7.50. The Morgan fingerprint density at radius 1 is 1.28 bits per heavy atom. The molecular weight excluding hydrogens is 464 g/mol. The predicted molar refractivity (Wildman–Crippen MR) is 140 cm³/mol. The number of amides is 2. The fourth-order valence-electron chi connectivity index (χ4n) is 3.06. The highest BCUT2D eigenvalue weighted by Gasteiger charge is 2.34. The van der Waals surface area contributed by atoms with Crippen LogP contribution in [-0.2, 0) is 14.3 Å². The molecule has 1 heterocycles. The summed E-state index contributed by atoms with van der Waals surface area (Å²) in [5, 5.41) is 0. The maximum absolute atomic E-state index is 12.9. The Bertz CT molecular complexity index is 842. The van der Waals surface area contributed by atoms with Crippen molar-refractivity contribution in [2.75, 3.05) is 25.5 Å². The molecule has 0 aliphatic carbocycles. The average Bonchev–Trinajstić information content (AvgIpc) is 3.04. The van der Waals surface area contributed by atoms with Gasteiger partial charge in [0.05, 0.1) is 4.91 Å². The van der Waals surface area contributed by atoms with Crippen molar-refractivity contribution in [3.05, 3.63) is 45.6 Å². The number of thiocarbonyl (C=S) groups is 1. The lowest BCUT2D eigenvalue weighted by atomic mass is 10.0. The highest BCUT2D eigenvalue weighted by Crippen LogP contribution is 2.32. The van der Waals surface area contributed by atoms with E-state index in [1.165, 1.54) is 22.2 Å². The van der Waals surface area contributed by atoms with Gasteiger partial charge in [0.15, 0.2) is 0 Å². The summed E-state index contributed by atoms with van der Waals surface area (Å²) in [4.78, 5) is 28.9. The number of thioether (sulfide) groups is 1. The van der Waals surface area contributed by atoms with E-state index in [2.05, 4.69) is 19.9 Å². The van der Waals surface area contributed by atoms with Gasteiger partial charge < -0.3 is 9.64 Å². The minimum Gasteiger partial charge on any atom is -0.486 e. The van der Waals surface area contributed by atoms with Gasteiger partial charge in [0.1, 0.15) is 22.7 Å². The number of carbonyl (C=O) groups excluding carboxylic acids is 2. The molecule has 0 radical (unpaired) electrons. The van der Waals surface area contributed by atoms with Gasteiger partial charge in [-0.3, -0.25) is 14.5 Å². The minimum absolute atomic E-state index is 0.0466. The monoisotopic (exact) mass is 498 g/mol. The lowest BCUT2D eigenvalue weighted by molar-refractivity contribution is -0.135. The fraction of sp³-hybridized carbons (Fsp3) is 0.542. The molecule has 0 aromatic heterocycles. The largest absolute Gasteiger partial charge is 0.486 e. The van der Waals surface area contributed by atoms with Gasteiger partial charge in [-0.15, -0.1) is 11.6 Å². The van der Waals surface area contributed by atoms with Crippen LogP contribution in [0.2, 0.25) is 0 Å². The van der Waals surface area contributed by atoms with Gasteiger partial charge in [0.2, 0.25) is 5.91 Å². The maximum atomic E-state index is 12.9. The summed E-state index contributed by atoms with van der Waals surface area (Å²) < 4.78 is 6.57. The number of alkyl halides is 1. The molecule has 0 saturated carbocycles. The third-order valence-corrected chi connectivity index (χ3v) is 7.02. The second-order valence-corrected chi connectivity index (χ2v) is 9.44. The SMILES string of the molecule is C/C=C(/C=C1/SC(=S)N(CC(=O)N(CC)CC)C1=O)OC(C)C(/C=C(\C)CC)=C(/C)CCl. The van der Waals surface area contributed by atoms with Crippen LogP contribution in [-0.4, -0.2) is 57.6 Å². The Labute approximate surface area is 207 Å². The molecule has 32 heavy (non-hydrogen) atoms. The summed E-state index contributed by atoms with van der Waals surface area (Å²) in [5.74, 6) is 0.593. The molecule has 0 bridgehead atoms. The Balaban J connectivity index is 3.05. The molecule has 0 aromatic rings. The predicted octanol–water partition coefficient (Wildman–Crippen LogP) is 5.82. The summed E-state index contributed by atoms with van der Waals surface area (Å²) in [7, 11) is 0. The van der Waals surface area contributed by atoms with E-state index in [1.807, 2.05) is 40.7 Å². The van der Waals surface area contributed by atoms with Crippen molar-refractivity contribution in [2.24, 2.45) is 0 Å². The molecule has 1 fully saturated rings. The van der Waals surface area contributed by atoms with E-state index < -0.39 is 0 Å². The van der Waals surface area contributed by atoms with Crippen LogP contribution in [0.1, 0.15) is 54.9 Å². The van der Waals surface area contributed by atoms with Gasteiger partial charge in [0.25, 0.3) is 5.91 Å². The highest BCUT2D eigenvalue weighted by atomic mass is 35.5. The molecule has 8 heteroatoms. The number of halogens is 1. The summed E-state index contributed by atoms with van der Waals surface area (Å²) in [6.45, 7) is 15.0. The zero-order valence-corrected chi connectivity index (χ0v) is 22.5. The molecule has 0 aromatic carbocycles. The number of nitrogens with zero attached hydrogens (tertiary/aromatic N) is 2. The first-order valence-electron chi connectivity index (χ1n) is 10.9. The van der Waals surface area contributed by atoms with E-state index in [4.69, 9.17) is 28.6 Å². The topological polar surface area (TPSA) is 49.9 Å². The molecule has 178 valence electrons. The van der Waals surface area contributed by atoms with Crippen LogP contribution >= 0.6 is 35.6 Å². The van der Waals surface area contributed by atoms with Crippen molar-refractivity contribution in [1.29, 1.82) is 0 Å². The van der Waals surface area contributed by atoms with Crippen LogP contribution in [0.15, 0.2) is 45.6 Å². The molecule has 0 N–H and O–H groups in total. The minimum atomic E-state index is -0.273. The Kier molecular flexibility index (Phi) is 12.3. The van der Waals surface area contributed by atoms with Gasteiger partial charge in [-0.1, -0.05) is 48.1 Å². The number of rotatable bonds is 11. The molecule has 1 unspecified atom stereocenters. The van der Waals surface area contributed by atoms with Crippen molar-refractivity contribution in [1.82, 2.24) is 9.80 Å². The van der Waals surface area contributed by atoms with Crippen LogP contribution in [0.3, 0.4) is 0 Å². The standard InChI is InChI=1S/C24H35ClN2O3S2/c1-8-16(5)12-20(17(6)14-25)18(7)30-19(9-2)13-21-23(29)27(24(31)32-21)15-22(28)26(10-3)11-4/h9,12-13,18H,8,10-11,14-15H2,1-7H3/b16-12+,19-9-,20-17-,21-13+. The fourth-order valence-corrected chi connectivity index (χ4v) is 4.45. The second kappa shape index (κ2) is 13.9. The zero-order chi connectivity index (χ0) is 24.4. The van der Waals surface area contributed by atoms with E-state index in [1.54, 1.807) is 11.0 Å². The number of allylic oxidation sites excluding steroid dienone is 4. The van der Waals surface area contributed by atoms with E-state index in [0.29, 0.717) is 34.0 Å². The van der Waals surface area contributed by atoms with Crippen LogP contribution in [0.25, 0.3) is 0 Å². The van der Waals surface area contributed by atoms with E-state index in [0.717, 1.165) is 17.6 Å². The third-order valence-electron chi connectivity index (χ3n) is 5.24. The third kappa shape index (κ3) is 7.78. The summed E-state index contributed by atoms with van der Waals surface area (Å²) in [5.41, 5.74) is 3.31. The molecular formula is C24H35ClN2O3S2. The summed E-state index contributed by atoms with van der Waals surface area (Å²) in [6.07, 6.45) is 6.33. The molecule has 1 atom stereocenters. The van der Waals surface area contributed by atoms with Crippen LogP contribution in [0.5, 0.6) is 0 Å². The Morgan fingerprint density at radius 3 is 2.41 bits per heavy atom. The number of hydrogen-bond acceptors (Lipinski definition) is 5. The highest BCUT2D eigenvalue weighted by molar-refractivity contribution is 8.26. The number of likely N-dealkylation sites (N-methyl/N-ethyl adjacent to an activating group) is 1. The van der Waals surface area contributed by atoms with Crippen molar-refractivity contribution in [2.45, 2.75) is 61.0 Å². The summed E-state index contributed by atoms with van der Waals surface area (Å²) >= 11 is 12.6. The Morgan fingerprint density at radius 2 is 1.91 bits per heavy atom. The maximum Gasteiger partial charge on any atom is 0.266 e. The van der Waals surface area contributed by atoms with Gasteiger partial charge in [-0.25, -0.2) is 0 Å². The molecule has 1 saturated heterocycles. The Hall–Kier alpha value is -1.57. The van der Waals surface area contributed by atoms with Crippen LogP contribution in [0.4, 0.5) is 0 Å². The average molecular weight is 499 g/mol. The normalized spacial score (nSPS) is 18.2. The molecule has 2 amide bonds. The van der Waals surface area contributed by atoms with Crippen molar-refractivity contribution in [3.63, 3.8) is 0 Å². The van der Waals surface area contributed by atoms with Gasteiger partial charge in [-0.2, -0.15) is 0 Å². The first kappa shape index (κ1) is 28.5. The van der Waals surface area contributed by atoms with Crippen LogP contribution < -0.4 is 0 Å². The molecule has 5 nitrogen and oxygen atoms in total.